The minimum absolute atomic E-state index is 0.0363. The van der Waals surface area contributed by atoms with E-state index in [0.29, 0.717) is 23.1 Å². The number of nitrogens with one attached hydrogen (secondary N) is 1. The average molecular weight is 447 g/mol. The van der Waals surface area contributed by atoms with Crippen molar-refractivity contribution in [1.82, 2.24) is 9.97 Å². The molecule has 0 spiro atoms. The lowest BCUT2D eigenvalue weighted by Gasteiger charge is -2.44. The van der Waals surface area contributed by atoms with Crippen molar-refractivity contribution in [2.75, 3.05) is 5.32 Å². The van der Waals surface area contributed by atoms with Gasteiger partial charge in [0.1, 0.15) is 5.82 Å². The van der Waals surface area contributed by atoms with Gasteiger partial charge in [-0.15, -0.1) is 0 Å². The van der Waals surface area contributed by atoms with Crippen LogP contribution in [0, 0.1) is 12.7 Å². The van der Waals surface area contributed by atoms with Gasteiger partial charge in [0.15, 0.2) is 17.2 Å². The normalized spacial score (nSPS) is 22.2. The van der Waals surface area contributed by atoms with Gasteiger partial charge in [-0.3, -0.25) is 0 Å². The van der Waals surface area contributed by atoms with Crippen LogP contribution in [0.5, 0.6) is 5.75 Å². The maximum absolute atomic E-state index is 14.3. The first-order valence-corrected chi connectivity index (χ1v) is 10.1. The number of benzene rings is 2. The number of fused-ring (bicyclic) bond motifs is 2. The lowest BCUT2D eigenvalue weighted by atomic mass is 9.72. The van der Waals surface area contributed by atoms with Gasteiger partial charge in [0.2, 0.25) is 0 Å². The van der Waals surface area contributed by atoms with Crippen LogP contribution >= 0.6 is 0 Å². The molecule has 0 amide bonds. The number of hydrogen-bond acceptors (Lipinski definition) is 5. The molecule has 1 aliphatic carbocycles. The van der Waals surface area contributed by atoms with Crippen molar-refractivity contribution in [2.24, 2.45) is 0 Å². The molecule has 0 unspecified atom stereocenters. The molecule has 0 radical (unpaired) electrons. The number of phenols is 1. The van der Waals surface area contributed by atoms with Crippen molar-refractivity contribution in [1.29, 1.82) is 0 Å². The van der Waals surface area contributed by atoms with Crippen LogP contribution in [0.4, 0.5) is 23.2 Å². The van der Waals surface area contributed by atoms with Gasteiger partial charge < -0.3 is 15.5 Å². The predicted octanol–water partition coefficient (Wildman–Crippen LogP) is 5.43. The molecule has 168 valence electrons. The van der Waals surface area contributed by atoms with E-state index in [9.17, 15) is 27.8 Å². The zero-order chi connectivity index (χ0) is 23.3. The summed E-state index contributed by atoms with van der Waals surface area (Å²) < 4.78 is 56.9. The SMILES string of the molecule is CC/C=C1\C[C@](O)(C(F)(F)F)[C@@H](Nc2cccc3nc(C)ncc23)c2ccc(F)c(O)c21. The molecule has 3 N–H and O–H groups in total. The number of alkyl halides is 3. The van der Waals surface area contributed by atoms with Crippen LogP contribution in [0.15, 0.2) is 42.6 Å². The quantitative estimate of drug-likeness (QED) is 0.467. The average Bonchev–Trinajstić information content (AvgIpc) is 2.72. The van der Waals surface area contributed by atoms with Crippen molar-refractivity contribution in [2.45, 2.75) is 44.5 Å². The number of halogens is 4. The molecule has 2 atom stereocenters. The second-order valence-electron chi connectivity index (χ2n) is 7.83. The Labute approximate surface area is 181 Å². The Morgan fingerprint density at radius 1 is 1.25 bits per heavy atom. The second-order valence-corrected chi connectivity index (χ2v) is 7.83. The Balaban J connectivity index is 1.95. The van der Waals surface area contributed by atoms with Gasteiger partial charge in [-0.25, -0.2) is 14.4 Å². The van der Waals surface area contributed by atoms with Crippen molar-refractivity contribution in [3.63, 3.8) is 0 Å². The summed E-state index contributed by atoms with van der Waals surface area (Å²) in [5.41, 5.74) is -2.48. The molecule has 0 fully saturated rings. The molecule has 0 saturated heterocycles. The van der Waals surface area contributed by atoms with Crippen LogP contribution in [0.2, 0.25) is 0 Å². The third-order valence-electron chi connectivity index (χ3n) is 5.72. The highest BCUT2D eigenvalue weighted by Gasteiger charge is 2.62. The second kappa shape index (κ2) is 7.74. The van der Waals surface area contributed by atoms with E-state index in [2.05, 4.69) is 15.3 Å². The molecular formula is C23H21F4N3O2. The smallest absolute Gasteiger partial charge is 0.419 e. The maximum atomic E-state index is 14.3. The molecule has 0 bridgehead atoms. The number of rotatable bonds is 3. The fraction of sp³-hybridized carbons (Fsp3) is 0.304. The summed E-state index contributed by atoms with van der Waals surface area (Å²) in [6.07, 6.45) is -2.57. The summed E-state index contributed by atoms with van der Waals surface area (Å²) in [5.74, 6) is -1.19. The number of nitrogens with zero attached hydrogens (tertiary/aromatic N) is 2. The lowest BCUT2D eigenvalue weighted by molar-refractivity contribution is -0.265. The number of phenolic OH excluding ortho intramolecular Hbond substituents is 1. The Morgan fingerprint density at radius 3 is 2.69 bits per heavy atom. The van der Waals surface area contributed by atoms with Crippen molar-refractivity contribution >= 4 is 22.2 Å². The number of aromatic nitrogens is 2. The van der Waals surface area contributed by atoms with E-state index in [1.54, 1.807) is 32.0 Å². The van der Waals surface area contributed by atoms with Gasteiger partial charge in [-0.05, 0) is 42.7 Å². The van der Waals surface area contributed by atoms with Crippen LogP contribution in [-0.4, -0.2) is 32.0 Å². The molecule has 1 aliphatic rings. The first-order valence-electron chi connectivity index (χ1n) is 10.1. The molecule has 2 aromatic carbocycles. The van der Waals surface area contributed by atoms with Gasteiger partial charge in [0.25, 0.3) is 0 Å². The molecule has 9 heteroatoms. The Bertz CT molecular complexity index is 1230. The lowest BCUT2D eigenvalue weighted by Crippen LogP contribution is -2.54. The van der Waals surface area contributed by atoms with E-state index in [4.69, 9.17) is 0 Å². The zero-order valence-electron chi connectivity index (χ0n) is 17.3. The van der Waals surface area contributed by atoms with E-state index < -0.39 is 35.8 Å². The van der Waals surface area contributed by atoms with E-state index in [0.717, 1.165) is 12.1 Å². The molecular weight excluding hydrogens is 426 g/mol. The number of aliphatic hydroxyl groups is 1. The van der Waals surface area contributed by atoms with E-state index in [1.807, 2.05) is 0 Å². The molecule has 32 heavy (non-hydrogen) atoms. The van der Waals surface area contributed by atoms with Crippen LogP contribution in [0.3, 0.4) is 0 Å². The summed E-state index contributed by atoms with van der Waals surface area (Å²) in [7, 11) is 0. The molecule has 1 aromatic heterocycles. The highest BCUT2D eigenvalue weighted by molar-refractivity contribution is 5.91. The zero-order valence-corrected chi connectivity index (χ0v) is 17.3. The molecule has 3 aromatic rings. The van der Waals surface area contributed by atoms with Crippen LogP contribution in [-0.2, 0) is 0 Å². The molecule has 5 nitrogen and oxygen atoms in total. The number of allylic oxidation sites excluding steroid dienone is 1. The van der Waals surface area contributed by atoms with Crippen LogP contribution in [0.25, 0.3) is 16.5 Å². The van der Waals surface area contributed by atoms with E-state index in [-0.39, 0.29) is 22.4 Å². The van der Waals surface area contributed by atoms with Gasteiger partial charge in [-0.2, -0.15) is 13.2 Å². The third-order valence-corrected chi connectivity index (χ3v) is 5.72. The van der Waals surface area contributed by atoms with Gasteiger partial charge >= 0.3 is 6.18 Å². The number of hydrogen-bond donors (Lipinski definition) is 3. The standard InChI is InChI=1S/C23H21F4N3O2/c1-3-5-13-10-22(32,23(25,26)27)21(14-8-9-16(24)20(31)19(13)14)30-18-7-4-6-17-15(18)11-28-12(2)29-17/h4-9,11,21,30-32H,3,10H2,1-2H3/b13-5+/t21-,22+/m0/s1. The highest BCUT2D eigenvalue weighted by atomic mass is 19.4. The fourth-order valence-corrected chi connectivity index (χ4v) is 4.21. The summed E-state index contributed by atoms with van der Waals surface area (Å²) in [5, 5.41) is 24.6. The first-order chi connectivity index (χ1) is 15.1. The van der Waals surface area contributed by atoms with Crippen LogP contribution < -0.4 is 5.32 Å². The maximum Gasteiger partial charge on any atom is 0.419 e. The van der Waals surface area contributed by atoms with E-state index in [1.165, 1.54) is 12.3 Å². The summed E-state index contributed by atoms with van der Waals surface area (Å²) in [6, 6.07) is 5.21. The molecule has 0 aliphatic heterocycles. The predicted molar refractivity (Wildman–Crippen MR) is 113 cm³/mol. The molecule has 1 heterocycles. The van der Waals surface area contributed by atoms with Crippen molar-refractivity contribution in [3.8, 4) is 5.75 Å². The van der Waals surface area contributed by atoms with Crippen molar-refractivity contribution < 1.29 is 27.8 Å². The Morgan fingerprint density at radius 2 is 2.00 bits per heavy atom. The number of aryl methyl sites for hydroxylation is 1. The first kappa shape index (κ1) is 22.0. The summed E-state index contributed by atoms with van der Waals surface area (Å²) in [6.45, 7) is 3.40. The number of aromatic hydroxyl groups is 1. The minimum Gasteiger partial charge on any atom is -0.504 e. The van der Waals surface area contributed by atoms with Gasteiger partial charge in [0.05, 0.1) is 11.6 Å². The number of anilines is 1. The molecule has 0 saturated carbocycles. The fourth-order valence-electron chi connectivity index (χ4n) is 4.21. The monoisotopic (exact) mass is 447 g/mol. The summed E-state index contributed by atoms with van der Waals surface area (Å²) >= 11 is 0. The Hall–Kier alpha value is -3.20. The van der Waals surface area contributed by atoms with E-state index >= 15 is 0 Å². The largest absolute Gasteiger partial charge is 0.504 e. The highest BCUT2D eigenvalue weighted by Crippen LogP contribution is 2.54. The van der Waals surface area contributed by atoms with Crippen LogP contribution in [0.1, 0.15) is 42.8 Å². The van der Waals surface area contributed by atoms with Crippen molar-refractivity contribution in [3.05, 3.63) is 65.4 Å². The van der Waals surface area contributed by atoms with Gasteiger partial charge in [0, 0.05) is 29.3 Å². The minimum atomic E-state index is -5.02. The molecule has 4 rings (SSSR count). The topological polar surface area (TPSA) is 78.3 Å². The van der Waals surface area contributed by atoms with Gasteiger partial charge in [-0.1, -0.05) is 25.1 Å². The Kier molecular flexibility index (Phi) is 5.32. The third kappa shape index (κ3) is 3.46. The summed E-state index contributed by atoms with van der Waals surface area (Å²) in [4.78, 5) is 8.40.